The van der Waals surface area contributed by atoms with E-state index < -0.39 is 0 Å². The van der Waals surface area contributed by atoms with Crippen molar-refractivity contribution in [2.45, 2.75) is 26.5 Å². The highest BCUT2D eigenvalue weighted by molar-refractivity contribution is 5.55. The van der Waals surface area contributed by atoms with Crippen LogP contribution in [-0.2, 0) is 13.6 Å². The molecule has 0 spiro atoms. The SMILES string of the molecule is CC(C)Oc1c(N)cc(C#N)n1Cc1nccn1C. The summed E-state index contributed by atoms with van der Waals surface area (Å²) in [4.78, 5) is 4.25. The van der Waals surface area contributed by atoms with E-state index >= 15 is 0 Å². The summed E-state index contributed by atoms with van der Waals surface area (Å²) in [6, 6.07) is 3.75. The lowest BCUT2D eigenvalue weighted by Crippen LogP contribution is -2.14. The van der Waals surface area contributed by atoms with E-state index in [-0.39, 0.29) is 6.10 Å². The van der Waals surface area contributed by atoms with Gasteiger partial charge in [0.15, 0.2) is 0 Å². The van der Waals surface area contributed by atoms with E-state index in [0.29, 0.717) is 23.8 Å². The third-order valence-electron chi connectivity index (χ3n) is 2.76. The van der Waals surface area contributed by atoms with Crippen LogP contribution in [0.2, 0.25) is 0 Å². The zero-order chi connectivity index (χ0) is 14.0. The molecule has 0 radical (unpaired) electrons. The van der Waals surface area contributed by atoms with E-state index in [0.717, 1.165) is 5.82 Å². The minimum atomic E-state index is -0.0103. The molecule has 2 aromatic heterocycles. The van der Waals surface area contributed by atoms with Crippen molar-refractivity contribution < 1.29 is 4.74 Å². The Bertz CT molecular complexity index is 618. The van der Waals surface area contributed by atoms with Gasteiger partial charge in [-0.15, -0.1) is 0 Å². The highest BCUT2D eigenvalue weighted by Crippen LogP contribution is 2.28. The molecule has 2 rings (SSSR count). The molecule has 19 heavy (non-hydrogen) atoms. The molecule has 0 aliphatic heterocycles. The Morgan fingerprint density at radius 3 is 2.79 bits per heavy atom. The van der Waals surface area contributed by atoms with E-state index in [4.69, 9.17) is 10.5 Å². The second kappa shape index (κ2) is 5.06. The average Bonchev–Trinajstić information content (AvgIpc) is 2.87. The summed E-state index contributed by atoms with van der Waals surface area (Å²) in [6.07, 6.45) is 3.57. The monoisotopic (exact) mass is 259 g/mol. The van der Waals surface area contributed by atoms with Crippen LogP contribution in [0.15, 0.2) is 18.5 Å². The molecule has 0 aliphatic rings. The zero-order valence-corrected chi connectivity index (χ0v) is 11.3. The number of nitrogen functional groups attached to an aromatic ring is 1. The second-order valence-electron chi connectivity index (χ2n) is 4.61. The summed E-state index contributed by atoms with van der Waals surface area (Å²) in [5.74, 6) is 1.36. The Labute approximate surface area is 112 Å². The topological polar surface area (TPSA) is 81.8 Å². The molecule has 0 saturated carbocycles. The number of hydrogen-bond acceptors (Lipinski definition) is 4. The molecule has 0 bridgehead atoms. The fourth-order valence-corrected chi connectivity index (χ4v) is 1.85. The van der Waals surface area contributed by atoms with Crippen LogP contribution in [0.25, 0.3) is 0 Å². The predicted octanol–water partition coefficient (Wildman–Crippen LogP) is 1.51. The Kier molecular flexibility index (Phi) is 3.47. The second-order valence-corrected chi connectivity index (χ2v) is 4.61. The third kappa shape index (κ3) is 2.55. The number of hydrogen-bond donors (Lipinski definition) is 1. The molecule has 0 saturated heterocycles. The van der Waals surface area contributed by atoms with Crippen molar-refractivity contribution in [3.63, 3.8) is 0 Å². The maximum absolute atomic E-state index is 9.18. The lowest BCUT2D eigenvalue weighted by Gasteiger charge is -2.14. The zero-order valence-electron chi connectivity index (χ0n) is 11.3. The van der Waals surface area contributed by atoms with Gasteiger partial charge in [0.25, 0.3) is 0 Å². The van der Waals surface area contributed by atoms with Gasteiger partial charge < -0.3 is 15.0 Å². The molecule has 2 aromatic rings. The minimum Gasteiger partial charge on any atom is -0.475 e. The molecule has 0 amide bonds. The van der Waals surface area contributed by atoms with Gasteiger partial charge in [0, 0.05) is 25.5 Å². The van der Waals surface area contributed by atoms with Crippen molar-refractivity contribution in [3.8, 4) is 11.9 Å². The molecule has 0 aromatic carbocycles. The number of ether oxygens (including phenoxy) is 1. The van der Waals surface area contributed by atoms with Gasteiger partial charge >= 0.3 is 0 Å². The van der Waals surface area contributed by atoms with Crippen LogP contribution in [0, 0.1) is 11.3 Å². The third-order valence-corrected chi connectivity index (χ3v) is 2.76. The lowest BCUT2D eigenvalue weighted by molar-refractivity contribution is 0.224. The number of anilines is 1. The van der Waals surface area contributed by atoms with Crippen molar-refractivity contribution in [2.24, 2.45) is 7.05 Å². The van der Waals surface area contributed by atoms with Gasteiger partial charge in [0.2, 0.25) is 5.88 Å². The first-order chi connectivity index (χ1) is 9.02. The summed E-state index contributed by atoms with van der Waals surface area (Å²) in [6.45, 7) is 4.29. The van der Waals surface area contributed by atoms with E-state index in [1.807, 2.05) is 31.7 Å². The Balaban J connectivity index is 2.42. The number of nitrogens with two attached hydrogens (primary N) is 1. The summed E-state index contributed by atoms with van der Waals surface area (Å²) >= 11 is 0. The standard InChI is InChI=1S/C13H17N5O/c1-9(2)19-13-11(15)6-10(7-14)18(13)8-12-16-4-5-17(12)3/h4-6,9H,8,15H2,1-3H3. The quantitative estimate of drug-likeness (QED) is 0.902. The van der Waals surface area contributed by atoms with Crippen molar-refractivity contribution >= 4 is 5.69 Å². The average molecular weight is 259 g/mol. The predicted molar refractivity (Wildman–Crippen MR) is 71.6 cm³/mol. The van der Waals surface area contributed by atoms with Gasteiger partial charge in [0.05, 0.1) is 18.3 Å². The fourth-order valence-electron chi connectivity index (χ4n) is 1.85. The maximum Gasteiger partial charge on any atom is 0.219 e. The number of imidazole rings is 1. The smallest absolute Gasteiger partial charge is 0.219 e. The summed E-state index contributed by atoms with van der Waals surface area (Å²) in [5, 5.41) is 9.18. The van der Waals surface area contributed by atoms with Gasteiger partial charge in [-0.25, -0.2) is 4.98 Å². The van der Waals surface area contributed by atoms with Gasteiger partial charge in [-0.3, -0.25) is 4.57 Å². The van der Waals surface area contributed by atoms with Crippen molar-refractivity contribution in [2.75, 3.05) is 5.73 Å². The van der Waals surface area contributed by atoms with Crippen molar-refractivity contribution in [3.05, 3.63) is 30.0 Å². The molecular weight excluding hydrogens is 242 g/mol. The first kappa shape index (κ1) is 13.0. The minimum absolute atomic E-state index is 0.0103. The summed E-state index contributed by atoms with van der Waals surface area (Å²) < 4.78 is 9.34. The Hall–Kier alpha value is -2.42. The normalized spacial score (nSPS) is 10.7. The Morgan fingerprint density at radius 2 is 2.26 bits per heavy atom. The first-order valence-corrected chi connectivity index (χ1v) is 6.05. The van der Waals surface area contributed by atoms with Crippen LogP contribution in [0.3, 0.4) is 0 Å². The van der Waals surface area contributed by atoms with Crippen molar-refractivity contribution in [1.29, 1.82) is 5.26 Å². The van der Waals surface area contributed by atoms with Crippen LogP contribution >= 0.6 is 0 Å². The number of aryl methyl sites for hydroxylation is 1. The number of nitrogens with zero attached hydrogens (tertiary/aromatic N) is 4. The Morgan fingerprint density at radius 1 is 1.53 bits per heavy atom. The van der Waals surface area contributed by atoms with Crippen LogP contribution in [0.4, 0.5) is 5.69 Å². The van der Waals surface area contributed by atoms with Crippen LogP contribution < -0.4 is 10.5 Å². The number of nitriles is 1. The van der Waals surface area contributed by atoms with Crippen molar-refractivity contribution in [1.82, 2.24) is 14.1 Å². The van der Waals surface area contributed by atoms with Crippen LogP contribution in [0.1, 0.15) is 25.4 Å². The molecular formula is C13H17N5O. The van der Waals surface area contributed by atoms with E-state index in [1.165, 1.54) is 0 Å². The van der Waals surface area contributed by atoms with Crippen LogP contribution in [0.5, 0.6) is 5.88 Å². The van der Waals surface area contributed by atoms with E-state index in [2.05, 4.69) is 11.1 Å². The molecule has 0 fully saturated rings. The van der Waals surface area contributed by atoms with Gasteiger partial charge in [-0.1, -0.05) is 0 Å². The molecule has 6 nitrogen and oxygen atoms in total. The maximum atomic E-state index is 9.18. The number of rotatable bonds is 4. The van der Waals surface area contributed by atoms with Gasteiger partial charge in [0.1, 0.15) is 17.6 Å². The molecule has 2 N–H and O–H groups in total. The molecule has 0 atom stereocenters. The highest BCUT2D eigenvalue weighted by Gasteiger charge is 2.17. The summed E-state index contributed by atoms with van der Waals surface area (Å²) in [5.41, 5.74) is 6.85. The van der Waals surface area contributed by atoms with E-state index in [1.54, 1.807) is 16.8 Å². The molecule has 0 unspecified atom stereocenters. The molecule has 0 aliphatic carbocycles. The highest BCUT2D eigenvalue weighted by atomic mass is 16.5. The van der Waals surface area contributed by atoms with E-state index in [9.17, 15) is 5.26 Å². The fraction of sp³-hybridized carbons (Fsp3) is 0.385. The first-order valence-electron chi connectivity index (χ1n) is 6.05. The lowest BCUT2D eigenvalue weighted by atomic mass is 10.4. The number of aromatic nitrogens is 3. The largest absolute Gasteiger partial charge is 0.475 e. The summed E-state index contributed by atoms with van der Waals surface area (Å²) in [7, 11) is 1.91. The molecule has 100 valence electrons. The molecule has 6 heteroatoms. The molecule has 2 heterocycles. The van der Waals surface area contributed by atoms with Gasteiger partial charge in [-0.05, 0) is 13.8 Å². The van der Waals surface area contributed by atoms with Crippen LogP contribution in [-0.4, -0.2) is 20.2 Å². The van der Waals surface area contributed by atoms with Gasteiger partial charge in [-0.2, -0.15) is 5.26 Å².